The molecule has 2 nitrogen and oxygen atoms in total. The van der Waals surface area contributed by atoms with E-state index in [9.17, 15) is 4.79 Å². The number of aldehydes is 1. The molecule has 0 unspecified atom stereocenters. The Labute approximate surface area is 203 Å². The number of benzene rings is 4. The average molecular weight is 447 g/mol. The fourth-order valence-corrected chi connectivity index (χ4v) is 2.78. The van der Waals surface area contributed by atoms with Gasteiger partial charge in [0.1, 0.15) is 18.6 Å². The van der Waals surface area contributed by atoms with Gasteiger partial charge < -0.3 is 4.74 Å². The SMILES string of the molecule is C=Cc1ccc(C=C)cc1.C=Cc1ccccc1.O=Cc1cccc(OCc2ccccc2)c1. The van der Waals surface area contributed by atoms with Crippen LogP contribution in [0.1, 0.15) is 32.6 Å². The van der Waals surface area contributed by atoms with E-state index >= 15 is 0 Å². The molecule has 0 amide bonds. The minimum Gasteiger partial charge on any atom is -0.489 e. The highest BCUT2D eigenvalue weighted by molar-refractivity contribution is 5.75. The summed E-state index contributed by atoms with van der Waals surface area (Å²) < 4.78 is 5.58. The highest BCUT2D eigenvalue weighted by Crippen LogP contribution is 2.14. The van der Waals surface area contributed by atoms with E-state index in [1.165, 1.54) is 5.56 Å². The Morgan fingerprint density at radius 1 is 0.559 bits per heavy atom. The van der Waals surface area contributed by atoms with E-state index in [2.05, 4.69) is 19.7 Å². The summed E-state index contributed by atoms with van der Waals surface area (Å²) in [5, 5.41) is 0. The third-order valence-electron chi connectivity index (χ3n) is 4.69. The van der Waals surface area contributed by atoms with Crippen LogP contribution >= 0.6 is 0 Å². The largest absolute Gasteiger partial charge is 0.489 e. The van der Waals surface area contributed by atoms with E-state index in [0.717, 1.165) is 23.0 Å². The van der Waals surface area contributed by atoms with Gasteiger partial charge in [-0.25, -0.2) is 0 Å². The summed E-state index contributed by atoms with van der Waals surface area (Å²) in [6.45, 7) is 11.5. The molecule has 0 aromatic heterocycles. The summed E-state index contributed by atoms with van der Waals surface area (Å²) in [7, 11) is 0. The van der Waals surface area contributed by atoms with Gasteiger partial charge in [0.15, 0.2) is 0 Å². The summed E-state index contributed by atoms with van der Waals surface area (Å²) in [4.78, 5) is 10.6. The predicted molar refractivity (Wildman–Crippen MR) is 146 cm³/mol. The normalized spacial score (nSPS) is 9.18. The van der Waals surface area contributed by atoms with Crippen molar-refractivity contribution in [1.29, 1.82) is 0 Å². The summed E-state index contributed by atoms with van der Waals surface area (Å²) in [5.74, 6) is 0.716. The van der Waals surface area contributed by atoms with Crippen LogP contribution in [0.15, 0.2) is 129 Å². The molecular weight excluding hydrogens is 416 g/mol. The Bertz CT molecular complexity index is 1120. The molecule has 0 aliphatic carbocycles. The molecular formula is C32H30O2. The van der Waals surface area contributed by atoms with E-state index < -0.39 is 0 Å². The van der Waals surface area contributed by atoms with Gasteiger partial charge in [-0.05, 0) is 34.4 Å². The second-order valence-corrected chi connectivity index (χ2v) is 7.15. The van der Waals surface area contributed by atoms with Crippen LogP contribution in [0.2, 0.25) is 0 Å². The summed E-state index contributed by atoms with van der Waals surface area (Å²) >= 11 is 0. The van der Waals surface area contributed by atoms with Gasteiger partial charge in [0.25, 0.3) is 0 Å². The predicted octanol–water partition coefficient (Wildman–Crippen LogP) is 8.38. The first-order chi connectivity index (χ1) is 16.7. The van der Waals surface area contributed by atoms with Crippen LogP contribution in [0.3, 0.4) is 0 Å². The van der Waals surface area contributed by atoms with Gasteiger partial charge in [-0.3, -0.25) is 4.79 Å². The Hall–Kier alpha value is -4.43. The molecule has 0 aliphatic rings. The van der Waals surface area contributed by atoms with Crippen LogP contribution in [-0.4, -0.2) is 6.29 Å². The summed E-state index contributed by atoms with van der Waals surface area (Å²) in [6.07, 6.45) is 6.30. The van der Waals surface area contributed by atoms with E-state index in [-0.39, 0.29) is 0 Å². The second kappa shape index (κ2) is 15.4. The molecule has 0 atom stereocenters. The molecule has 0 fully saturated rings. The molecule has 34 heavy (non-hydrogen) atoms. The zero-order chi connectivity index (χ0) is 24.4. The maximum atomic E-state index is 10.6. The smallest absolute Gasteiger partial charge is 0.150 e. The lowest BCUT2D eigenvalue weighted by molar-refractivity contribution is 0.112. The fourth-order valence-electron chi connectivity index (χ4n) is 2.78. The van der Waals surface area contributed by atoms with Crippen molar-refractivity contribution in [3.63, 3.8) is 0 Å². The molecule has 0 heterocycles. The van der Waals surface area contributed by atoms with Crippen LogP contribution in [0.4, 0.5) is 0 Å². The zero-order valence-corrected chi connectivity index (χ0v) is 19.3. The third-order valence-corrected chi connectivity index (χ3v) is 4.69. The van der Waals surface area contributed by atoms with Crippen molar-refractivity contribution in [1.82, 2.24) is 0 Å². The molecule has 0 radical (unpaired) electrons. The van der Waals surface area contributed by atoms with Crippen molar-refractivity contribution in [2.75, 3.05) is 0 Å². The molecule has 2 heteroatoms. The van der Waals surface area contributed by atoms with E-state index in [0.29, 0.717) is 17.9 Å². The molecule has 0 spiro atoms. The lowest BCUT2D eigenvalue weighted by Gasteiger charge is -2.06. The van der Waals surface area contributed by atoms with Gasteiger partial charge in [-0.2, -0.15) is 0 Å². The number of carbonyl (C=O) groups excluding carboxylic acids is 1. The van der Waals surface area contributed by atoms with Crippen molar-refractivity contribution in [2.24, 2.45) is 0 Å². The van der Waals surface area contributed by atoms with Gasteiger partial charge in [-0.15, -0.1) is 0 Å². The second-order valence-electron chi connectivity index (χ2n) is 7.15. The molecule has 4 rings (SSSR count). The van der Waals surface area contributed by atoms with Crippen LogP contribution in [0, 0.1) is 0 Å². The lowest BCUT2D eigenvalue weighted by Crippen LogP contribution is -1.95. The van der Waals surface area contributed by atoms with Crippen LogP contribution in [-0.2, 0) is 6.61 Å². The standard InChI is InChI=1S/C14H12O2.C10H10.C8H8/c15-10-13-7-4-8-14(9-13)16-11-12-5-2-1-3-6-12;1-3-9-5-7-10(4-2)8-6-9;1-2-8-6-4-3-5-7-8/h1-10H,11H2;3-8H,1-2H2;2-7H,1H2. The molecule has 0 N–H and O–H groups in total. The monoisotopic (exact) mass is 446 g/mol. The maximum absolute atomic E-state index is 10.6. The van der Waals surface area contributed by atoms with Gasteiger partial charge >= 0.3 is 0 Å². The first-order valence-corrected chi connectivity index (χ1v) is 10.9. The Morgan fingerprint density at radius 2 is 1.03 bits per heavy atom. The minimum absolute atomic E-state index is 0.517. The van der Waals surface area contributed by atoms with Crippen molar-refractivity contribution in [3.8, 4) is 5.75 Å². The topological polar surface area (TPSA) is 26.3 Å². The van der Waals surface area contributed by atoms with E-state index in [1.807, 2.05) is 115 Å². The summed E-state index contributed by atoms with van der Waals surface area (Å²) in [6, 6.07) is 35.2. The fraction of sp³-hybridized carbons (Fsp3) is 0.0312. The number of rotatable bonds is 7. The van der Waals surface area contributed by atoms with Gasteiger partial charge in [0, 0.05) is 5.56 Å². The maximum Gasteiger partial charge on any atom is 0.150 e. The molecule has 0 saturated heterocycles. The third kappa shape index (κ3) is 9.80. The molecule has 0 saturated carbocycles. The van der Waals surface area contributed by atoms with Crippen molar-refractivity contribution in [2.45, 2.75) is 6.61 Å². The van der Waals surface area contributed by atoms with Crippen molar-refractivity contribution in [3.05, 3.63) is 157 Å². The number of carbonyl (C=O) groups is 1. The minimum atomic E-state index is 0.517. The van der Waals surface area contributed by atoms with Crippen LogP contribution in [0.5, 0.6) is 5.75 Å². The summed E-state index contributed by atoms with van der Waals surface area (Å²) in [5.41, 5.74) is 5.20. The van der Waals surface area contributed by atoms with Gasteiger partial charge in [-0.1, -0.05) is 135 Å². The quantitative estimate of drug-likeness (QED) is 0.266. The van der Waals surface area contributed by atoms with E-state index in [1.54, 1.807) is 12.1 Å². The zero-order valence-electron chi connectivity index (χ0n) is 19.3. The van der Waals surface area contributed by atoms with Crippen LogP contribution in [0.25, 0.3) is 18.2 Å². The highest BCUT2D eigenvalue weighted by atomic mass is 16.5. The molecule has 0 bridgehead atoms. The number of hydrogen-bond acceptors (Lipinski definition) is 2. The van der Waals surface area contributed by atoms with Crippen LogP contribution < -0.4 is 4.74 Å². The molecule has 170 valence electrons. The van der Waals surface area contributed by atoms with Crippen molar-refractivity contribution < 1.29 is 9.53 Å². The first kappa shape index (κ1) is 25.8. The molecule has 0 aliphatic heterocycles. The Morgan fingerprint density at radius 3 is 1.50 bits per heavy atom. The average Bonchev–Trinajstić information content (AvgIpc) is 2.94. The molecule has 4 aromatic rings. The number of hydrogen-bond donors (Lipinski definition) is 0. The highest BCUT2D eigenvalue weighted by Gasteiger charge is 1.96. The number of ether oxygens (including phenoxy) is 1. The Balaban J connectivity index is 0.000000195. The molecule has 4 aromatic carbocycles. The van der Waals surface area contributed by atoms with E-state index in [4.69, 9.17) is 4.74 Å². The van der Waals surface area contributed by atoms with Crippen molar-refractivity contribution >= 4 is 24.5 Å². The Kier molecular flexibility index (Phi) is 11.7. The van der Waals surface area contributed by atoms with Gasteiger partial charge in [0.05, 0.1) is 0 Å². The lowest BCUT2D eigenvalue weighted by atomic mass is 10.1. The van der Waals surface area contributed by atoms with Gasteiger partial charge in [0.2, 0.25) is 0 Å². The first-order valence-electron chi connectivity index (χ1n) is 10.9.